The first-order chi connectivity index (χ1) is 19.2. The van der Waals surface area contributed by atoms with Gasteiger partial charge in [-0.1, -0.05) is 142 Å². The average Bonchev–Trinajstić information content (AvgIpc) is 3.83. The van der Waals surface area contributed by atoms with E-state index in [0.717, 1.165) is 18.4 Å². The lowest BCUT2D eigenvalue weighted by molar-refractivity contribution is -0.139. The van der Waals surface area contributed by atoms with Crippen molar-refractivity contribution in [3.63, 3.8) is 0 Å². The molecule has 5 atom stereocenters. The van der Waals surface area contributed by atoms with Crippen LogP contribution in [-0.4, -0.2) is 36.5 Å². The molecule has 4 heteroatoms. The molecule has 0 amide bonds. The molecular weight excluding hydrogens is 484 g/mol. The van der Waals surface area contributed by atoms with Gasteiger partial charge in [0.15, 0.2) is 0 Å². The minimum Gasteiger partial charge on any atom is -0.455 e. The van der Waals surface area contributed by atoms with Crippen LogP contribution in [0.5, 0.6) is 0 Å². The Hall–Kier alpha value is -0.870. The molecule has 39 heavy (non-hydrogen) atoms. The van der Waals surface area contributed by atoms with Gasteiger partial charge in [-0.3, -0.25) is 0 Å². The van der Waals surface area contributed by atoms with Crippen LogP contribution in [-0.2, 0) is 19.0 Å². The van der Waals surface area contributed by atoms with E-state index in [1.165, 1.54) is 148 Å². The van der Waals surface area contributed by atoms with Crippen LogP contribution < -0.4 is 0 Å². The molecular formula is C35H62O4. The highest BCUT2D eigenvalue weighted by Gasteiger charge is 2.56. The Morgan fingerprint density at radius 3 is 1.33 bits per heavy atom. The third kappa shape index (κ3) is 14.5. The molecule has 2 saturated heterocycles. The van der Waals surface area contributed by atoms with Gasteiger partial charge >= 0.3 is 5.97 Å². The zero-order valence-electron chi connectivity index (χ0n) is 25.8. The number of epoxide rings is 2. The molecule has 0 aromatic heterocycles. The van der Waals surface area contributed by atoms with Crippen LogP contribution >= 0.6 is 0 Å². The third-order valence-electron chi connectivity index (χ3n) is 9.09. The highest BCUT2D eigenvalue weighted by molar-refractivity contribution is 5.90. The van der Waals surface area contributed by atoms with E-state index < -0.39 is 0 Å². The smallest absolute Gasteiger partial charge is 0.334 e. The maximum Gasteiger partial charge on any atom is 0.334 e. The SMILES string of the molecule is CCCCCCCCCCCCCCCCCCC1OC1C1OC1CCCCCCCCC1=CC(C)OC1=O. The number of hydrogen-bond donors (Lipinski definition) is 0. The van der Waals surface area contributed by atoms with Crippen molar-refractivity contribution in [1.29, 1.82) is 0 Å². The lowest BCUT2D eigenvalue weighted by Gasteiger charge is -2.03. The van der Waals surface area contributed by atoms with Crippen molar-refractivity contribution in [1.82, 2.24) is 0 Å². The molecule has 3 aliphatic heterocycles. The highest BCUT2D eigenvalue weighted by atomic mass is 16.7. The Kier molecular flexibility index (Phi) is 16.8. The molecule has 0 bridgehead atoms. The van der Waals surface area contributed by atoms with Crippen LogP contribution in [0.15, 0.2) is 11.6 Å². The molecule has 0 aromatic carbocycles. The van der Waals surface area contributed by atoms with Gasteiger partial charge in [0, 0.05) is 5.57 Å². The highest BCUT2D eigenvalue weighted by Crippen LogP contribution is 2.42. The second kappa shape index (κ2) is 20.1. The summed E-state index contributed by atoms with van der Waals surface area (Å²) in [6.45, 7) is 4.22. The second-order valence-corrected chi connectivity index (χ2v) is 12.8. The first-order valence-electron chi connectivity index (χ1n) is 17.4. The lowest BCUT2D eigenvalue weighted by Crippen LogP contribution is -2.06. The van der Waals surface area contributed by atoms with Crippen molar-refractivity contribution in [3.05, 3.63) is 11.6 Å². The number of ether oxygens (including phenoxy) is 3. The van der Waals surface area contributed by atoms with E-state index in [1.54, 1.807) is 0 Å². The summed E-state index contributed by atoms with van der Waals surface area (Å²) in [5.41, 5.74) is 0.884. The van der Waals surface area contributed by atoms with Crippen LogP contribution in [0, 0.1) is 0 Å². The van der Waals surface area contributed by atoms with E-state index in [9.17, 15) is 4.79 Å². The third-order valence-corrected chi connectivity index (χ3v) is 9.09. The Bertz CT molecular complexity index is 674. The molecule has 226 valence electrons. The summed E-state index contributed by atoms with van der Waals surface area (Å²) in [5.74, 6) is -0.103. The molecule has 0 aliphatic carbocycles. The van der Waals surface area contributed by atoms with Gasteiger partial charge < -0.3 is 14.2 Å². The Labute approximate surface area is 241 Å². The van der Waals surface area contributed by atoms with E-state index in [1.807, 2.05) is 13.0 Å². The fourth-order valence-corrected chi connectivity index (χ4v) is 6.43. The zero-order valence-corrected chi connectivity index (χ0v) is 25.8. The average molecular weight is 547 g/mol. The van der Waals surface area contributed by atoms with Gasteiger partial charge in [-0.25, -0.2) is 4.79 Å². The predicted molar refractivity (Wildman–Crippen MR) is 162 cm³/mol. The summed E-state index contributed by atoms with van der Waals surface area (Å²) in [4.78, 5) is 11.6. The quantitative estimate of drug-likeness (QED) is 0.0584. The van der Waals surface area contributed by atoms with E-state index in [0.29, 0.717) is 24.4 Å². The van der Waals surface area contributed by atoms with E-state index in [4.69, 9.17) is 14.2 Å². The lowest BCUT2D eigenvalue weighted by atomic mass is 10.0. The Balaban J connectivity index is 0.996. The van der Waals surface area contributed by atoms with E-state index in [-0.39, 0.29) is 12.1 Å². The fraction of sp³-hybridized carbons (Fsp3) is 0.914. The van der Waals surface area contributed by atoms with E-state index in [2.05, 4.69) is 6.92 Å². The zero-order chi connectivity index (χ0) is 27.5. The number of carbonyl (C=O) groups excluding carboxylic acids is 1. The Morgan fingerprint density at radius 1 is 0.564 bits per heavy atom. The molecule has 3 rings (SSSR count). The number of hydrogen-bond acceptors (Lipinski definition) is 4. The van der Waals surface area contributed by atoms with Crippen LogP contribution in [0.25, 0.3) is 0 Å². The van der Waals surface area contributed by atoms with Crippen LogP contribution in [0.1, 0.15) is 174 Å². The van der Waals surface area contributed by atoms with Crippen molar-refractivity contribution in [3.8, 4) is 0 Å². The van der Waals surface area contributed by atoms with Crippen molar-refractivity contribution in [2.24, 2.45) is 0 Å². The Morgan fingerprint density at radius 2 is 0.949 bits per heavy atom. The number of esters is 1. The van der Waals surface area contributed by atoms with Gasteiger partial charge in [0.05, 0.1) is 12.2 Å². The molecule has 0 spiro atoms. The second-order valence-electron chi connectivity index (χ2n) is 12.8. The van der Waals surface area contributed by atoms with E-state index >= 15 is 0 Å². The van der Waals surface area contributed by atoms with Crippen LogP contribution in [0.2, 0.25) is 0 Å². The minimum absolute atomic E-state index is 0.0314. The van der Waals surface area contributed by atoms with Crippen LogP contribution in [0.3, 0.4) is 0 Å². The van der Waals surface area contributed by atoms with Gasteiger partial charge in [-0.2, -0.15) is 0 Å². The maximum atomic E-state index is 11.6. The van der Waals surface area contributed by atoms with Crippen LogP contribution in [0.4, 0.5) is 0 Å². The number of carbonyl (C=O) groups is 1. The molecule has 3 aliphatic rings. The number of rotatable bonds is 27. The first-order valence-corrected chi connectivity index (χ1v) is 17.4. The van der Waals surface area contributed by atoms with Crippen molar-refractivity contribution in [2.75, 3.05) is 0 Å². The largest absolute Gasteiger partial charge is 0.455 e. The van der Waals surface area contributed by atoms with Crippen molar-refractivity contribution in [2.45, 2.75) is 205 Å². The summed E-state index contributed by atoms with van der Waals surface area (Å²) < 4.78 is 17.1. The molecule has 4 nitrogen and oxygen atoms in total. The molecule has 0 N–H and O–H groups in total. The molecule has 0 aromatic rings. The minimum atomic E-state index is -0.103. The molecule has 0 radical (unpaired) electrons. The summed E-state index contributed by atoms with van der Waals surface area (Å²) in [5, 5.41) is 0. The summed E-state index contributed by atoms with van der Waals surface area (Å²) in [7, 11) is 0. The molecule has 2 fully saturated rings. The topological polar surface area (TPSA) is 51.4 Å². The fourth-order valence-electron chi connectivity index (χ4n) is 6.43. The van der Waals surface area contributed by atoms with Crippen molar-refractivity contribution >= 4 is 5.97 Å². The first kappa shape index (κ1) is 32.6. The monoisotopic (exact) mass is 546 g/mol. The normalized spacial score (nSPS) is 25.6. The van der Waals surface area contributed by atoms with Gasteiger partial charge in [-0.05, 0) is 38.7 Å². The molecule has 3 heterocycles. The molecule has 0 saturated carbocycles. The van der Waals surface area contributed by atoms with Crippen molar-refractivity contribution < 1.29 is 19.0 Å². The summed E-state index contributed by atoms with van der Waals surface area (Å²) in [6.07, 6.45) is 37.3. The molecule has 5 unspecified atom stereocenters. The number of cyclic esters (lactones) is 1. The van der Waals surface area contributed by atoms with Gasteiger partial charge in [0.2, 0.25) is 0 Å². The van der Waals surface area contributed by atoms with Gasteiger partial charge in [0.25, 0.3) is 0 Å². The maximum absolute atomic E-state index is 11.6. The summed E-state index contributed by atoms with van der Waals surface area (Å²) >= 11 is 0. The van der Waals surface area contributed by atoms with Gasteiger partial charge in [-0.15, -0.1) is 0 Å². The number of unbranched alkanes of at least 4 members (excludes halogenated alkanes) is 20. The summed E-state index contributed by atoms with van der Waals surface area (Å²) in [6, 6.07) is 0. The predicted octanol–water partition coefficient (Wildman–Crippen LogP) is 10.2. The standard InChI is InChI=1S/C35H62O4/c1-3-4-5-6-7-8-9-10-11-12-13-14-15-16-20-23-26-31-33(38-31)34-32(39-34)27-24-21-18-17-19-22-25-30-28-29(2)37-35(30)36/h28-29,31-34H,3-27H2,1-2H3. The van der Waals surface area contributed by atoms with Gasteiger partial charge in [0.1, 0.15) is 18.3 Å².